The molecule has 1 aromatic rings. The molecule has 0 spiro atoms. The average molecular weight is 236 g/mol. The van der Waals surface area contributed by atoms with Crippen LogP contribution in [0.25, 0.3) is 0 Å². The molecule has 0 aromatic heterocycles. The minimum atomic E-state index is 0.0302. The highest BCUT2D eigenvalue weighted by Gasteiger charge is 2.10. The molecule has 0 fully saturated rings. The van der Waals surface area contributed by atoms with Crippen molar-refractivity contribution >= 4 is 11.6 Å². The average Bonchev–Trinajstić information content (AvgIpc) is 2.31. The molecule has 0 bridgehead atoms. The fraction of sp³-hybridized carbons (Fsp3) is 0.462. The van der Waals surface area contributed by atoms with Gasteiger partial charge in [-0.1, -0.05) is 0 Å². The lowest BCUT2D eigenvalue weighted by molar-refractivity contribution is -0.116. The van der Waals surface area contributed by atoms with Crippen LogP contribution in [0, 0.1) is 0 Å². The quantitative estimate of drug-likeness (QED) is 0.819. The fourth-order valence-electron chi connectivity index (χ4n) is 1.61. The van der Waals surface area contributed by atoms with Gasteiger partial charge in [0, 0.05) is 19.2 Å². The molecule has 0 saturated carbocycles. The van der Waals surface area contributed by atoms with E-state index in [9.17, 15) is 4.79 Å². The van der Waals surface area contributed by atoms with Gasteiger partial charge in [0.25, 0.3) is 0 Å². The first kappa shape index (κ1) is 13.5. The standard InChI is InChI=1S/C13H20N2O2/c1-3-17-13-7-5-12(6-8-13)15(11(2)16)10-4-9-14/h5-8H,3-4,9-10,14H2,1-2H3. The summed E-state index contributed by atoms with van der Waals surface area (Å²) in [5.41, 5.74) is 6.34. The van der Waals surface area contributed by atoms with Crippen LogP contribution < -0.4 is 15.4 Å². The number of ether oxygens (including phenoxy) is 1. The van der Waals surface area contributed by atoms with Crippen molar-refractivity contribution in [2.45, 2.75) is 20.3 Å². The second kappa shape index (κ2) is 6.91. The molecular formula is C13H20N2O2. The van der Waals surface area contributed by atoms with Crippen LogP contribution in [-0.4, -0.2) is 25.6 Å². The Morgan fingerprint density at radius 3 is 2.47 bits per heavy atom. The van der Waals surface area contributed by atoms with Gasteiger partial charge in [0.2, 0.25) is 5.91 Å². The van der Waals surface area contributed by atoms with Crippen LogP contribution >= 0.6 is 0 Å². The Labute approximate surface area is 102 Å². The molecule has 0 aliphatic heterocycles. The van der Waals surface area contributed by atoms with E-state index in [1.165, 1.54) is 0 Å². The number of amides is 1. The third-order valence-corrected chi connectivity index (χ3v) is 2.43. The van der Waals surface area contributed by atoms with Crippen molar-refractivity contribution in [2.24, 2.45) is 5.73 Å². The molecule has 4 nitrogen and oxygen atoms in total. The van der Waals surface area contributed by atoms with Crippen LogP contribution in [0.2, 0.25) is 0 Å². The second-order valence-electron chi connectivity index (χ2n) is 3.74. The number of rotatable bonds is 6. The van der Waals surface area contributed by atoms with Gasteiger partial charge in [-0.05, 0) is 44.2 Å². The van der Waals surface area contributed by atoms with E-state index in [0.29, 0.717) is 19.7 Å². The third kappa shape index (κ3) is 4.07. The molecule has 0 heterocycles. The SMILES string of the molecule is CCOc1ccc(N(CCCN)C(C)=O)cc1. The maximum Gasteiger partial charge on any atom is 0.223 e. The van der Waals surface area contributed by atoms with Crippen molar-refractivity contribution < 1.29 is 9.53 Å². The Hall–Kier alpha value is -1.55. The molecular weight excluding hydrogens is 216 g/mol. The van der Waals surface area contributed by atoms with Crippen LogP contribution in [0.15, 0.2) is 24.3 Å². The highest BCUT2D eigenvalue weighted by Crippen LogP contribution is 2.19. The summed E-state index contributed by atoms with van der Waals surface area (Å²) in [7, 11) is 0. The summed E-state index contributed by atoms with van der Waals surface area (Å²) >= 11 is 0. The van der Waals surface area contributed by atoms with E-state index in [4.69, 9.17) is 10.5 Å². The van der Waals surface area contributed by atoms with E-state index in [2.05, 4.69) is 0 Å². The van der Waals surface area contributed by atoms with Crippen LogP contribution in [0.1, 0.15) is 20.3 Å². The number of benzene rings is 1. The lowest BCUT2D eigenvalue weighted by Gasteiger charge is -2.21. The molecule has 1 amide bonds. The third-order valence-electron chi connectivity index (χ3n) is 2.43. The van der Waals surface area contributed by atoms with Gasteiger partial charge in [-0.2, -0.15) is 0 Å². The molecule has 0 aliphatic carbocycles. The Balaban J connectivity index is 2.76. The van der Waals surface area contributed by atoms with Gasteiger partial charge in [0.1, 0.15) is 5.75 Å². The lowest BCUT2D eigenvalue weighted by Crippen LogP contribution is -2.30. The van der Waals surface area contributed by atoms with Gasteiger partial charge < -0.3 is 15.4 Å². The molecule has 4 heteroatoms. The lowest BCUT2D eigenvalue weighted by atomic mass is 10.2. The van der Waals surface area contributed by atoms with Crippen LogP contribution in [0.4, 0.5) is 5.69 Å². The van der Waals surface area contributed by atoms with Gasteiger partial charge in [0.15, 0.2) is 0 Å². The summed E-state index contributed by atoms with van der Waals surface area (Å²) in [4.78, 5) is 13.2. The van der Waals surface area contributed by atoms with Crippen molar-refractivity contribution in [3.8, 4) is 5.75 Å². The Bertz CT molecular complexity index is 349. The topological polar surface area (TPSA) is 55.6 Å². The molecule has 0 atom stereocenters. The van der Waals surface area contributed by atoms with Gasteiger partial charge in [-0.15, -0.1) is 0 Å². The molecule has 1 aromatic carbocycles. The molecule has 17 heavy (non-hydrogen) atoms. The zero-order chi connectivity index (χ0) is 12.7. The molecule has 1 rings (SSSR count). The number of nitrogens with zero attached hydrogens (tertiary/aromatic N) is 1. The predicted molar refractivity (Wildman–Crippen MR) is 69.3 cm³/mol. The smallest absolute Gasteiger partial charge is 0.223 e. The summed E-state index contributed by atoms with van der Waals surface area (Å²) in [5, 5.41) is 0. The van der Waals surface area contributed by atoms with E-state index in [1.54, 1.807) is 11.8 Å². The highest BCUT2D eigenvalue weighted by molar-refractivity contribution is 5.91. The predicted octanol–water partition coefficient (Wildman–Crippen LogP) is 1.79. The molecule has 0 aliphatic rings. The Morgan fingerprint density at radius 2 is 2.00 bits per heavy atom. The van der Waals surface area contributed by atoms with Gasteiger partial charge in [0.05, 0.1) is 6.61 Å². The first-order chi connectivity index (χ1) is 8.19. The fourth-order valence-corrected chi connectivity index (χ4v) is 1.61. The summed E-state index contributed by atoms with van der Waals surface area (Å²) in [5.74, 6) is 0.848. The molecule has 2 N–H and O–H groups in total. The van der Waals surface area contributed by atoms with E-state index in [0.717, 1.165) is 17.9 Å². The van der Waals surface area contributed by atoms with E-state index in [-0.39, 0.29) is 5.91 Å². The van der Waals surface area contributed by atoms with Crippen molar-refractivity contribution in [1.82, 2.24) is 0 Å². The maximum absolute atomic E-state index is 11.5. The largest absolute Gasteiger partial charge is 0.494 e. The summed E-state index contributed by atoms with van der Waals surface area (Å²) < 4.78 is 5.36. The number of hydrogen-bond donors (Lipinski definition) is 1. The highest BCUT2D eigenvalue weighted by atomic mass is 16.5. The van der Waals surface area contributed by atoms with Crippen LogP contribution in [0.5, 0.6) is 5.75 Å². The van der Waals surface area contributed by atoms with Gasteiger partial charge in [-0.3, -0.25) is 4.79 Å². The van der Waals surface area contributed by atoms with Crippen molar-refractivity contribution in [1.29, 1.82) is 0 Å². The zero-order valence-electron chi connectivity index (χ0n) is 10.5. The zero-order valence-corrected chi connectivity index (χ0v) is 10.5. The van der Waals surface area contributed by atoms with Crippen molar-refractivity contribution in [2.75, 3.05) is 24.6 Å². The Morgan fingerprint density at radius 1 is 1.35 bits per heavy atom. The normalized spacial score (nSPS) is 10.1. The van der Waals surface area contributed by atoms with E-state index >= 15 is 0 Å². The molecule has 94 valence electrons. The summed E-state index contributed by atoms with van der Waals surface area (Å²) in [6.07, 6.45) is 0.798. The molecule has 0 saturated heterocycles. The number of nitrogens with two attached hydrogens (primary N) is 1. The summed E-state index contributed by atoms with van der Waals surface area (Å²) in [6, 6.07) is 7.53. The number of anilines is 1. The maximum atomic E-state index is 11.5. The molecule has 0 radical (unpaired) electrons. The second-order valence-corrected chi connectivity index (χ2v) is 3.74. The van der Waals surface area contributed by atoms with Crippen molar-refractivity contribution in [3.63, 3.8) is 0 Å². The summed E-state index contributed by atoms with van der Waals surface area (Å²) in [6.45, 7) is 5.38. The monoisotopic (exact) mass is 236 g/mol. The number of carbonyl (C=O) groups excluding carboxylic acids is 1. The minimum absolute atomic E-state index is 0.0302. The van der Waals surface area contributed by atoms with E-state index in [1.807, 2.05) is 31.2 Å². The molecule has 0 unspecified atom stereocenters. The van der Waals surface area contributed by atoms with Crippen LogP contribution in [0.3, 0.4) is 0 Å². The first-order valence-electron chi connectivity index (χ1n) is 5.90. The number of hydrogen-bond acceptors (Lipinski definition) is 3. The van der Waals surface area contributed by atoms with Gasteiger partial charge >= 0.3 is 0 Å². The minimum Gasteiger partial charge on any atom is -0.494 e. The van der Waals surface area contributed by atoms with Crippen LogP contribution in [-0.2, 0) is 4.79 Å². The van der Waals surface area contributed by atoms with E-state index < -0.39 is 0 Å². The van der Waals surface area contributed by atoms with Crippen molar-refractivity contribution in [3.05, 3.63) is 24.3 Å². The first-order valence-corrected chi connectivity index (χ1v) is 5.90. The Kier molecular flexibility index (Phi) is 5.49. The number of carbonyl (C=O) groups is 1. The van der Waals surface area contributed by atoms with Gasteiger partial charge in [-0.25, -0.2) is 0 Å².